The summed E-state index contributed by atoms with van der Waals surface area (Å²) in [6.45, 7) is 6.69. The van der Waals surface area contributed by atoms with E-state index in [2.05, 4.69) is 5.32 Å². The molecule has 7 nitrogen and oxygen atoms in total. The number of nitrogens with zero attached hydrogens (tertiary/aromatic N) is 1. The fourth-order valence-corrected chi connectivity index (χ4v) is 3.35. The summed E-state index contributed by atoms with van der Waals surface area (Å²) in [6, 6.07) is 10.3. The lowest BCUT2D eigenvalue weighted by Crippen LogP contribution is -2.41. The third kappa shape index (κ3) is 5.23. The largest absolute Gasteiger partial charge is 0.454 e. The Hall–Kier alpha value is -2.77. The van der Waals surface area contributed by atoms with E-state index in [1.165, 1.54) is 6.92 Å². The Morgan fingerprint density at radius 1 is 1.17 bits per heavy atom. The molecule has 3 rings (SSSR count). The molecule has 0 bridgehead atoms. The van der Waals surface area contributed by atoms with E-state index in [-0.39, 0.29) is 30.6 Å². The number of halogens is 1. The zero-order chi connectivity index (χ0) is 21.9. The smallest absolute Gasteiger partial charge is 0.254 e. The van der Waals surface area contributed by atoms with Crippen LogP contribution >= 0.6 is 11.6 Å². The van der Waals surface area contributed by atoms with Crippen molar-refractivity contribution in [3.05, 3.63) is 52.5 Å². The molecule has 3 N–H and O–H groups in total. The van der Waals surface area contributed by atoms with Gasteiger partial charge in [-0.05, 0) is 53.9 Å². The summed E-state index contributed by atoms with van der Waals surface area (Å²) in [4.78, 5) is 26.5. The molecule has 2 aromatic carbocycles. The van der Waals surface area contributed by atoms with Gasteiger partial charge in [-0.25, -0.2) is 0 Å². The molecule has 2 aromatic rings. The highest BCUT2D eigenvalue weighted by atomic mass is 35.5. The van der Waals surface area contributed by atoms with Crippen molar-refractivity contribution in [2.24, 2.45) is 11.1 Å². The number of anilines is 1. The monoisotopic (exact) mass is 431 g/mol. The number of hydrogen-bond donors (Lipinski definition) is 2. The molecule has 0 saturated heterocycles. The average Bonchev–Trinajstić information content (AvgIpc) is 3.16. The summed E-state index contributed by atoms with van der Waals surface area (Å²) in [7, 11) is 0. The zero-order valence-corrected chi connectivity index (χ0v) is 18.1. The molecule has 1 aliphatic heterocycles. The number of ether oxygens (including phenoxy) is 2. The van der Waals surface area contributed by atoms with Crippen molar-refractivity contribution in [2.45, 2.75) is 27.3 Å². The molecule has 1 aliphatic rings. The molecule has 0 aliphatic carbocycles. The van der Waals surface area contributed by atoms with E-state index in [1.54, 1.807) is 41.3 Å². The van der Waals surface area contributed by atoms with Crippen LogP contribution in [-0.2, 0) is 11.3 Å². The highest BCUT2D eigenvalue weighted by molar-refractivity contribution is 6.31. The molecule has 0 aromatic heterocycles. The maximum absolute atomic E-state index is 13.4. The molecule has 0 spiro atoms. The van der Waals surface area contributed by atoms with Crippen LogP contribution in [0.4, 0.5) is 5.69 Å². The molecule has 30 heavy (non-hydrogen) atoms. The lowest BCUT2D eigenvalue weighted by atomic mass is 9.92. The van der Waals surface area contributed by atoms with Gasteiger partial charge in [0.25, 0.3) is 5.91 Å². The van der Waals surface area contributed by atoms with Crippen molar-refractivity contribution in [3.63, 3.8) is 0 Å². The summed E-state index contributed by atoms with van der Waals surface area (Å²) in [5.74, 6) is 0.813. The first-order valence-corrected chi connectivity index (χ1v) is 10.0. The second kappa shape index (κ2) is 8.93. The van der Waals surface area contributed by atoms with E-state index in [1.807, 2.05) is 13.8 Å². The molecule has 0 fully saturated rings. The average molecular weight is 432 g/mol. The minimum atomic E-state index is -0.298. The van der Waals surface area contributed by atoms with E-state index in [0.717, 1.165) is 5.56 Å². The van der Waals surface area contributed by atoms with Crippen LogP contribution in [-0.4, -0.2) is 36.6 Å². The molecule has 2 amide bonds. The van der Waals surface area contributed by atoms with Gasteiger partial charge in [0.15, 0.2) is 11.5 Å². The Balaban J connectivity index is 1.91. The van der Waals surface area contributed by atoms with Crippen LogP contribution in [0.5, 0.6) is 11.5 Å². The molecular formula is C22H26ClN3O4. The van der Waals surface area contributed by atoms with Crippen molar-refractivity contribution in [1.29, 1.82) is 0 Å². The summed E-state index contributed by atoms with van der Waals surface area (Å²) < 4.78 is 10.7. The van der Waals surface area contributed by atoms with E-state index in [0.29, 0.717) is 40.9 Å². The third-order valence-corrected chi connectivity index (χ3v) is 5.17. The number of nitrogens with one attached hydrogen (secondary N) is 1. The Bertz CT molecular complexity index is 961. The molecular weight excluding hydrogens is 406 g/mol. The van der Waals surface area contributed by atoms with Gasteiger partial charge in [-0.15, -0.1) is 0 Å². The SMILES string of the molecule is CC(=O)Nc1ccc(Cl)c(CN(CC(C)(C)CN)C(=O)c2ccc3c(c2)OCO3)c1. The van der Waals surface area contributed by atoms with Crippen LogP contribution < -0.4 is 20.5 Å². The predicted octanol–water partition coefficient (Wildman–Crippen LogP) is 3.65. The molecule has 1 heterocycles. The van der Waals surface area contributed by atoms with Crippen molar-refractivity contribution in [3.8, 4) is 11.5 Å². The van der Waals surface area contributed by atoms with Gasteiger partial charge in [0.1, 0.15) is 0 Å². The number of carbonyl (C=O) groups excluding carboxylic acids is 2. The Morgan fingerprint density at radius 3 is 2.60 bits per heavy atom. The number of hydrogen-bond acceptors (Lipinski definition) is 5. The summed E-state index contributed by atoms with van der Waals surface area (Å²) >= 11 is 6.40. The summed E-state index contributed by atoms with van der Waals surface area (Å²) in [5.41, 5.74) is 7.46. The first-order valence-electron chi connectivity index (χ1n) is 9.63. The maximum atomic E-state index is 13.4. The van der Waals surface area contributed by atoms with E-state index >= 15 is 0 Å². The fourth-order valence-electron chi connectivity index (χ4n) is 3.18. The topological polar surface area (TPSA) is 93.9 Å². The molecule has 0 atom stereocenters. The maximum Gasteiger partial charge on any atom is 0.254 e. The van der Waals surface area contributed by atoms with Crippen LogP contribution in [0.2, 0.25) is 5.02 Å². The van der Waals surface area contributed by atoms with E-state index < -0.39 is 0 Å². The van der Waals surface area contributed by atoms with Crippen molar-refractivity contribution < 1.29 is 19.1 Å². The minimum absolute atomic E-state index is 0.141. The van der Waals surface area contributed by atoms with Gasteiger partial charge in [0, 0.05) is 36.3 Å². The standard InChI is InChI=1S/C22H26ClN3O4/c1-14(27)25-17-5-6-18(23)16(8-17)10-26(12-22(2,3)11-24)21(28)15-4-7-19-20(9-15)30-13-29-19/h4-9H,10-13,24H2,1-3H3,(H,25,27). The molecule has 160 valence electrons. The molecule has 0 radical (unpaired) electrons. The van der Waals surface area contributed by atoms with Gasteiger partial charge >= 0.3 is 0 Å². The van der Waals surface area contributed by atoms with Gasteiger partial charge < -0.3 is 25.4 Å². The predicted molar refractivity (Wildman–Crippen MR) is 116 cm³/mol. The quantitative estimate of drug-likeness (QED) is 0.697. The van der Waals surface area contributed by atoms with Crippen molar-refractivity contribution in [1.82, 2.24) is 4.90 Å². The highest BCUT2D eigenvalue weighted by Gasteiger charge is 2.27. The number of rotatable bonds is 7. The van der Waals surface area contributed by atoms with Crippen LogP contribution in [0.3, 0.4) is 0 Å². The van der Waals surface area contributed by atoms with Crippen LogP contribution in [0, 0.1) is 5.41 Å². The Kier molecular flexibility index (Phi) is 6.53. The van der Waals surface area contributed by atoms with Crippen LogP contribution in [0.25, 0.3) is 0 Å². The molecule has 8 heteroatoms. The molecule has 0 saturated carbocycles. The van der Waals surface area contributed by atoms with E-state index in [4.69, 9.17) is 26.8 Å². The van der Waals surface area contributed by atoms with Gasteiger partial charge in [0.05, 0.1) is 0 Å². The van der Waals surface area contributed by atoms with Crippen LogP contribution in [0.15, 0.2) is 36.4 Å². The van der Waals surface area contributed by atoms with Gasteiger partial charge in [0.2, 0.25) is 12.7 Å². The number of carbonyl (C=O) groups is 2. The van der Waals surface area contributed by atoms with Gasteiger partial charge in [-0.2, -0.15) is 0 Å². The number of benzene rings is 2. The number of fused-ring (bicyclic) bond motifs is 1. The highest BCUT2D eigenvalue weighted by Crippen LogP contribution is 2.33. The van der Waals surface area contributed by atoms with Crippen molar-refractivity contribution >= 4 is 29.1 Å². The lowest BCUT2D eigenvalue weighted by molar-refractivity contribution is -0.114. The summed E-state index contributed by atoms with van der Waals surface area (Å²) in [6.07, 6.45) is 0. The number of nitrogens with two attached hydrogens (primary N) is 1. The van der Waals surface area contributed by atoms with Crippen LogP contribution in [0.1, 0.15) is 36.7 Å². The third-order valence-electron chi connectivity index (χ3n) is 4.81. The van der Waals surface area contributed by atoms with Crippen molar-refractivity contribution in [2.75, 3.05) is 25.2 Å². The summed E-state index contributed by atoms with van der Waals surface area (Å²) in [5, 5.41) is 3.25. The molecule has 0 unspecified atom stereocenters. The minimum Gasteiger partial charge on any atom is -0.454 e. The normalized spacial score (nSPS) is 12.6. The first-order chi connectivity index (χ1) is 14.2. The Labute approximate surface area is 181 Å². The number of amides is 2. The Morgan fingerprint density at radius 2 is 1.90 bits per heavy atom. The first kappa shape index (κ1) is 21.9. The van der Waals surface area contributed by atoms with E-state index in [9.17, 15) is 9.59 Å². The van der Waals surface area contributed by atoms with Gasteiger partial charge in [-0.1, -0.05) is 25.4 Å². The lowest BCUT2D eigenvalue weighted by Gasteiger charge is -2.32. The zero-order valence-electron chi connectivity index (χ0n) is 17.3. The second-order valence-corrected chi connectivity index (χ2v) is 8.49. The van der Waals surface area contributed by atoms with Gasteiger partial charge in [-0.3, -0.25) is 9.59 Å². The second-order valence-electron chi connectivity index (χ2n) is 8.08. The fraction of sp³-hybridized carbons (Fsp3) is 0.364.